The van der Waals surface area contributed by atoms with Crippen LogP contribution in [0.3, 0.4) is 0 Å². The Bertz CT molecular complexity index is 171. The number of oxime groups is 1. The number of amidine groups is 1. The van der Waals surface area contributed by atoms with Gasteiger partial charge in [-0.05, 0) is 6.42 Å². The standard InChI is InChI=1S/C8H19N3O3/c1-2-6(3-8(9)11-14)10-7(4-12)5-13/h6-7,10,12-14H,2-5H2,1H3,(H2,9,11). The SMILES string of the molecule is CCC(CC(N)=NO)NC(CO)CO. The van der Waals surface area contributed by atoms with E-state index in [9.17, 15) is 0 Å². The molecule has 0 spiro atoms. The smallest absolute Gasteiger partial charge is 0.140 e. The second-order valence-corrected chi connectivity index (χ2v) is 3.13. The Balaban J connectivity index is 4.01. The van der Waals surface area contributed by atoms with E-state index in [4.69, 9.17) is 21.2 Å². The first-order chi connectivity index (χ1) is 6.67. The van der Waals surface area contributed by atoms with Gasteiger partial charge in [0.1, 0.15) is 5.84 Å². The molecule has 6 N–H and O–H groups in total. The van der Waals surface area contributed by atoms with E-state index in [0.29, 0.717) is 6.42 Å². The van der Waals surface area contributed by atoms with E-state index in [-0.39, 0.29) is 31.1 Å². The van der Waals surface area contributed by atoms with Gasteiger partial charge in [0, 0.05) is 12.5 Å². The van der Waals surface area contributed by atoms with Crippen LogP contribution < -0.4 is 11.1 Å². The van der Waals surface area contributed by atoms with Gasteiger partial charge in [-0.15, -0.1) is 0 Å². The molecule has 0 radical (unpaired) electrons. The van der Waals surface area contributed by atoms with Crippen molar-refractivity contribution < 1.29 is 15.4 Å². The fourth-order valence-corrected chi connectivity index (χ4v) is 1.11. The lowest BCUT2D eigenvalue weighted by atomic mass is 10.1. The Morgan fingerprint density at radius 3 is 2.29 bits per heavy atom. The molecule has 0 amide bonds. The fraction of sp³-hybridized carbons (Fsp3) is 0.875. The van der Waals surface area contributed by atoms with Gasteiger partial charge in [-0.2, -0.15) is 0 Å². The molecule has 0 fully saturated rings. The van der Waals surface area contributed by atoms with Crippen LogP contribution in [0, 0.1) is 0 Å². The van der Waals surface area contributed by atoms with Gasteiger partial charge >= 0.3 is 0 Å². The summed E-state index contributed by atoms with van der Waals surface area (Å²) >= 11 is 0. The maximum atomic E-state index is 8.83. The van der Waals surface area contributed by atoms with Crippen LogP contribution in [0.15, 0.2) is 5.16 Å². The molecule has 0 bridgehead atoms. The molecule has 0 saturated carbocycles. The zero-order chi connectivity index (χ0) is 11.0. The van der Waals surface area contributed by atoms with Crippen molar-refractivity contribution in [3.63, 3.8) is 0 Å². The van der Waals surface area contributed by atoms with Crippen LogP contribution in [-0.4, -0.2) is 46.6 Å². The molecule has 0 aromatic heterocycles. The minimum atomic E-state index is -0.355. The second kappa shape index (κ2) is 7.54. The van der Waals surface area contributed by atoms with Crippen LogP contribution in [0.1, 0.15) is 19.8 Å². The third-order valence-corrected chi connectivity index (χ3v) is 1.99. The quantitative estimate of drug-likeness (QED) is 0.156. The normalized spacial score (nSPS) is 14.7. The third kappa shape index (κ3) is 5.00. The van der Waals surface area contributed by atoms with Crippen LogP contribution in [0.25, 0.3) is 0 Å². The van der Waals surface area contributed by atoms with Gasteiger partial charge in [0.05, 0.1) is 19.3 Å². The maximum absolute atomic E-state index is 8.83. The predicted molar refractivity (Wildman–Crippen MR) is 53.2 cm³/mol. The molecule has 0 rings (SSSR count). The highest BCUT2D eigenvalue weighted by molar-refractivity contribution is 5.80. The lowest BCUT2D eigenvalue weighted by Crippen LogP contribution is -2.44. The van der Waals surface area contributed by atoms with Crippen molar-refractivity contribution in [3.8, 4) is 0 Å². The van der Waals surface area contributed by atoms with Crippen molar-refractivity contribution in [2.45, 2.75) is 31.8 Å². The summed E-state index contributed by atoms with van der Waals surface area (Å²) in [4.78, 5) is 0. The summed E-state index contributed by atoms with van der Waals surface area (Å²) in [6.07, 6.45) is 1.16. The molecule has 0 aliphatic carbocycles. The lowest BCUT2D eigenvalue weighted by molar-refractivity contribution is 0.161. The summed E-state index contributed by atoms with van der Waals surface area (Å²) in [5.74, 6) is 0.138. The minimum absolute atomic E-state index is 0.00444. The first-order valence-corrected chi connectivity index (χ1v) is 4.62. The van der Waals surface area contributed by atoms with E-state index in [1.807, 2.05) is 6.92 Å². The minimum Gasteiger partial charge on any atom is -0.409 e. The highest BCUT2D eigenvalue weighted by Crippen LogP contribution is 1.99. The molecule has 0 saturated heterocycles. The van der Waals surface area contributed by atoms with Crippen LogP contribution in [0.4, 0.5) is 0 Å². The van der Waals surface area contributed by atoms with Crippen molar-refractivity contribution in [1.82, 2.24) is 5.32 Å². The molecule has 0 aliphatic rings. The largest absolute Gasteiger partial charge is 0.409 e. The molecule has 1 atom stereocenters. The molecule has 0 aromatic carbocycles. The number of nitrogens with zero attached hydrogens (tertiary/aromatic N) is 1. The number of aliphatic hydroxyl groups is 2. The van der Waals surface area contributed by atoms with Crippen molar-refractivity contribution in [2.75, 3.05) is 13.2 Å². The molecule has 1 unspecified atom stereocenters. The van der Waals surface area contributed by atoms with E-state index in [1.165, 1.54) is 0 Å². The van der Waals surface area contributed by atoms with Gasteiger partial charge in [0.15, 0.2) is 0 Å². The lowest BCUT2D eigenvalue weighted by Gasteiger charge is -2.21. The van der Waals surface area contributed by atoms with Gasteiger partial charge in [0.25, 0.3) is 0 Å². The summed E-state index contributed by atoms with van der Waals surface area (Å²) in [7, 11) is 0. The van der Waals surface area contributed by atoms with E-state index < -0.39 is 0 Å². The highest BCUT2D eigenvalue weighted by Gasteiger charge is 2.13. The Hall–Kier alpha value is -0.850. The number of nitrogens with one attached hydrogen (secondary N) is 1. The highest BCUT2D eigenvalue weighted by atomic mass is 16.4. The zero-order valence-electron chi connectivity index (χ0n) is 8.35. The van der Waals surface area contributed by atoms with E-state index in [2.05, 4.69) is 10.5 Å². The Morgan fingerprint density at radius 2 is 1.93 bits per heavy atom. The molecule has 14 heavy (non-hydrogen) atoms. The summed E-state index contributed by atoms with van der Waals surface area (Å²) in [6.45, 7) is 1.67. The van der Waals surface area contributed by atoms with Crippen LogP contribution in [0.5, 0.6) is 0 Å². The fourth-order valence-electron chi connectivity index (χ4n) is 1.11. The first kappa shape index (κ1) is 13.2. The maximum Gasteiger partial charge on any atom is 0.140 e. The second-order valence-electron chi connectivity index (χ2n) is 3.13. The van der Waals surface area contributed by atoms with Gasteiger partial charge in [-0.25, -0.2) is 0 Å². The monoisotopic (exact) mass is 205 g/mol. The number of nitrogens with two attached hydrogens (primary N) is 1. The topological polar surface area (TPSA) is 111 Å². The van der Waals surface area contributed by atoms with Crippen molar-refractivity contribution >= 4 is 5.84 Å². The predicted octanol–water partition coefficient (Wildman–Crippen LogP) is -1.16. The molecule has 0 aliphatic heterocycles. The van der Waals surface area contributed by atoms with Crippen molar-refractivity contribution in [1.29, 1.82) is 0 Å². The zero-order valence-corrected chi connectivity index (χ0v) is 8.35. The van der Waals surface area contributed by atoms with E-state index >= 15 is 0 Å². The Kier molecular flexibility index (Phi) is 7.09. The average molecular weight is 205 g/mol. The summed E-state index contributed by atoms with van der Waals surface area (Å²) in [5, 5.41) is 31.9. The number of hydrogen-bond acceptors (Lipinski definition) is 5. The number of hydrogen-bond donors (Lipinski definition) is 5. The number of rotatable bonds is 7. The summed E-state index contributed by atoms with van der Waals surface area (Å²) in [6, 6.07) is -0.360. The molecular weight excluding hydrogens is 186 g/mol. The van der Waals surface area contributed by atoms with Gasteiger partial charge in [-0.1, -0.05) is 12.1 Å². The Labute approximate surface area is 83.4 Å². The van der Waals surface area contributed by atoms with Crippen LogP contribution in [0.2, 0.25) is 0 Å². The van der Waals surface area contributed by atoms with Crippen LogP contribution in [-0.2, 0) is 0 Å². The average Bonchev–Trinajstić information content (AvgIpc) is 2.23. The van der Waals surface area contributed by atoms with E-state index in [1.54, 1.807) is 0 Å². The summed E-state index contributed by atoms with van der Waals surface area (Å²) < 4.78 is 0. The van der Waals surface area contributed by atoms with Gasteiger partial charge in [-0.3, -0.25) is 0 Å². The van der Waals surface area contributed by atoms with Gasteiger partial charge < -0.3 is 26.5 Å². The molecule has 6 nitrogen and oxygen atoms in total. The van der Waals surface area contributed by atoms with Gasteiger partial charge in [0.2, 0.25) is 0 Å². The van der Waals surface area contributed by atoms with E-state index in [0.717, 1.165) is 6.42 Å². The molecular formula is C8H19N3O3. The molecule has 6 heteroatoms. The number of aliphatic hydroxyl groups excluding tert-OH is 2. The third-order valence-electron chi connectivity index (χ3n) is 1.99. The molecule has 84 valence electrons. The van der Waals surface area contributed by atoms with Crippen molar-refractivity contribution in [3.05, 3.63) is 0 Å². The Morgan fingerprint density at radius 1 is 1.36 bits per heavy atom. The molecule has 0 heterocycles. The summed E-state index contributed by atoms with van der Waals surface area (Å²) in [5.41, 5.74) is 5.34. The van der Waals surface area contributed by atoms with Crippen LogP contribution >= 0.6 is 0 Å². The van der Waals surface area contributed by atoms with Crippen molar-refractivity contribution in [2.24, 2.45) is 10.9 Å². The molecule has 0 aromatic rings. The first-order valence-electron chi connectivity index (χ1n) is 4.62.